The Bertz CT molecular complexity index is 47.4. The van der Waals surface area contributed by atoms with Crippen LogP contribution in [0.1, 0.15) is 13.8 Å². The maximum atomic E-state index is 8.36. The van der Waals surface area contributed by atoms with Crippen LogP contribution in [0, 0.1) is 0 Å². The van der Waals surface area contributed by atoms with Crippen molar-refractivity contribution in [3.8, 4) is 0 Å². The largest absolute Gasteiger partial charge is 0.483 e. The third-order valence-electron chi connectivity index (χ3n) is 0. The molecule has 0 aliphatic rings. The normalized spacial score (nSPS) is 6.60. The molecule has 0 bridgehead atoms. The highest BCUT2D eigenvalue weighted by atomic mass is 35.5. The van der Waals surface area contributed by atoms with Crippen LogP contribution in [0.5, 0.6) is 0 Å². The minimum Gasteiger partial charge on any atom is -0.483 e. The molecule has 0 aromatic carbocycles. The van der Waals surface area contributed by atoms with Crippen molar-refractivity contribution in [3.05, 3.63) is 0 Å². The first-order valence-corrected chi connectivity index (χ1v) is 3.51. The number of hydrogen-bond acceptors (Lipinski definition) is 2. The summed E-state index contributed by atoms with van der Waals surface area (Å²) in [4.78, 5) is 8.36. The van der Waals surface area contributed by atoms with Gasteiger partial charge in [0.15, 0.2) is 0 Å². The van der Waals surface area contributed by atoms with Crippen molar-refractivity contribution in [1.29, 1.82) is 0 Å². The van der Waals surface area contributed by atoms with Crippen molar-refractivity contribution >= 4 is 29.7 Å². The van der Waals surface area contributed by atoms with Gasteiger partial charge in [0.05, 0.1) is 5.34 Å². The highest BCUT2D eigenvalue weighted by Gasteiger charge is 1.69. The van der Waals surface area contributed by atoms with Crippen LogP contribution >= 0.6 is 23.2 Å². The van der Waals surface area contributed by atoms with Gasteiger partial charge in [-0.15, -0.1) is 23.2 Å². The molecule has 0 aromatic heterocycles. The standard InChI is InChI=1S/C3H8O.CH2Cl2.CH2O2/c1-3(2)4;2*2-1-3/h3-4H,1-2H3;1H2;1H,(H,2,3). The van der Waals surface area contributed by atoms with Gasteiger partial charge in [0.2, 0.25) is 0 Å². The number of halogens is 2. The second-order valence-electron chi connectivity index (χ2n) is 1.30. The highest BCUT2D eigenvalue weighted by Crippen LogP contribution is 1.73. The van der Waals surface area contributed by atoms with Crippen molar-refractivity contribution in [2.75, 3.05) is 5.34 Å². The summed E-state index contributed by atoms with van der Waals surface area (Å²) < 4.78 is 0. The first kappa shape index (κ1) is 16.5. The number of carboxylic acid groups (broad SMARTS) is 1. The molecule has 0 saturated carbocycles. The lowest BCUT2D eigenvalue weighted by atomic mass is 10.5. The van der Waals surface area contributed by atoms with Gasteiger partial charge in [-0.3, -0.25) is 4.79 Å². The Balaban J connectivity index is -0.0000000750. The maximum absolute atomic E-state index is 8.36. The van der Waals surface area contributed by atoms with Gasteiger partial charge in [0, 0.05) is 6.10 Å². The van der Waals surface area contributed by atoms with Crippen LogP contribution in [0.4, 0.5) is 0 Å². The molecule has 10 heavy (non-hydrogen) atoms. The molecule has 0 fully saturated rings. The third kappa shape index (κ3) is 3940000. The predicted molar refractivity (Wildman–Crippen MR) is 42.6 cm³/mol. The molecule has 0 heterocycles. The molecule has 0 aliphatic carbocycles. The summed E-state index contributed by atoms with van der Waals surface area (Å²) in [6.45, 7) is 3.19. The summed E-state index contributed by atoms with van der Waals surface area (Å²) in [5.74, 6) is 0. The number of hydrogen-bond donors (Lipinski definition) is 2. The number of alkyl halides is 2. The van der Waals surface area contributed by atoms with Crippen LogP contribution < -0.4 is 0 Å². The number of carbonyl (C=O) groups is 1. The molecule has 0 spiro atoms. The van der Waals surface area contributed by atoms with Crippen molar-refractivity contribution in [2.24, 2.45) is 0 Å². The molecular formula is C5H12Cl2O3. The Labute approximate surface area is 70.6 Å². The van der Waals surface area contributed by atoms with Gasteiger partial charge in [0.25, 0.3) is 6.47 Å². The number of aliphatic hydroxyl groups is 1. The van der Waals surface area contributed by atoms with E-state index in [2.05, 4.69) is 0 Å². The van der Waals surface area contributed by atoms with Gasteiger partial charge in [-0.25, -0.2) is 0 Å². The smallest absolute Gasteiger partial charge is 0.290 e. The van der Waals surface area contributed by atoms with E-state index in [-0.39, 0.29) is 17.9 Å². The molecule has 0 aromatic rings. The summed E-state index contributed by atoms with van der Waals surface area (Å²) in [6, 6.07) is 0. The van der Waals surface area contributed by atoms with E-state index in [1.165, 1.54) is 0 Å². The summed E-state index contributed by atoms with van der Waals surface area (Å²) in [5, 5.41) is 15.1. The van der Waals surface area contributed by atoms with Crippen molar-refractivity contribution < 1.29 is 15.0 Å². The summed E-state index contributed by atoms with van der Waals surface area (Å²) in [7, 11) is 0. The molecule has 0 amide bonds. The lowest BCUT2D eigenvalue weighted by molar-refractivity contribution is -0.122. The zero-order valence-corrected chi connectivity index (χ0v) is 7.43. The molecule has 0 radical (unpaired) electrons. The predicted octanol–water partition coefficient (Wildman–Crippen LogP) is 1.51. The minimum atomic E-state index is -0.250. The van der Waals surface area contributed by atoms with E-state index >= 15 is 0 Å². The fourth-order valence-electron chi connectivity index (χ4n) is 0. The van der Waals surface area contributed by atoms with E-state index in [0.29, 0.717) is 0 Å². The zero-order chi connectivity index (χ0) is 8.99. The SMILES string of the molecule is CC(C)O.ClCCl.O=CO. The fourth-order valence-corrected chi connectivity index (χ4v) is 0. The monoisotopic (exact) mass is 190 g/mol. The van der Waals surface area contributed by atoms with E-state index in [1.807, 2.05) is 0 Å². The molecule has 5 heteroatoms. The molecule has 0 atom stereocenters. The highest BCUT2D eigenvalue weighted by molar-refractivity contribution is 6.40. The molecule has 3 nitrogen and oxygen atoms in total. The molecule has 2 N–H and O–H groups in total. The van der Waals surface area contributed by atoms with Crippen molar-refractivity contribution in [3.63, 3.8) is 0 Å². The Morgan fingerprint density at radius 1 is 1.50 bits per heavy atom. The van der Waals surface area contributed by atoms with Gasteiger partial charge < -0.3 is 10.2 Å². The Hall–Kier alpha value is 0.01000. The fraction of sp³-hybridized carbons (Fsp3) is 0.800. The Morgan fingerprint density at radius 3 is 1.50 bits per heavy atom. The molecule has 0 unspecified atom stereocenters. The first-order chi connectivity index (χ1) is 4.56. The molecule has 64 valence electrons. The van der Waals surface area contributed by atoms with Crippen LogP contribution in [-0.2, 0) is 4.79 Å². The second-order valence-corrected chi connectivity index (χ2v) is 2.11. The van der Waals surface area contributed by atoms with Crippen LogP contribution in [-0.4, -0.2) is 28.1 Å². The average molecular weight is 191 g/mol. The van der Waals surface area contributed by atoms with Gasteiger partial charge in [-0.2, -0.15) is 0 Å². The molecule has 0 rings (SSSR count). The van der Waals surface area contributed by atoms with Crippen LogP contribution in [0.25, 0.3) is 0 Å². The Morgan fingerprint density at radius 2 is 1.50 bits per heavy atom. The van der Waals surface area contributed by atoms with Gasteiger partial charge in [-0.1, -0.05) is 0 Å². The van der Waals surface area contributed by atoms with Crippen LogP contribution in [0.3, 0.4) is 0 Å². The van der Waals surface area contributed by atoms with Gasteiger partial charge >= 0.3 is 0 Å². The van der Waals surface area contributed by atoms with E-state index in [4.69, 9.17) is 38.2 Å². The first-order valence-electron chi connectivity index (χ1n) is 2.44. The van der Waals surface area contributed by atoms with Gasteiger partial charge in [0.1, 0.15) is 0 Å². The lowest BCUT2D eigenvalue weighted by Crippen LogP contribution is -1.85. The number of rotatable bonds is 0. The summed E-state index contributed by atoms with van der Waals surface area (Å²) in [5.41, 5.74) is 0. The topological polar surface area (TPSA) is 57.5 Å². The van der Waals surface area contributed by atoms with E-state index < -0.39 is 0 Å². The van der Waals surface area contributed by atoms with Crippen molar-refractivity contribution in [1.82, 2.24) is 0 Å². The van der Waals surface area contributed by atoms with Crippen LogP contribution in [0.15, 0.2) is 0 Å². The molecule has 0 saturated heterocycles. The Kier molecular flexibility index (Phi) is 38.1. The lowest BCUT2D eigenvalue weighted by Gasteiger charge is -1.80. The van der Waals surface area contributed by atoms with E-state index in [1.54, 1.807) is 13.8 Å². The summed E-state index contributed by atoms with van der Waals surface area (Å²) >= 11 is 9.53. The molecular weight excluding hydrogens is 179 g/mol. The van der Waals surface area contributed by atoms with Crippen molar-refractivity contribution in [2.45, 2.75) is 20.0 Å². The quantitative estimate of drug-likeness (QED) is 0.450. The van der Waals surface area contributed by atoms with Gasteiger partial charge in [-0.05, 0) is 13.8 Å². The number of aliphatic hydroxyl groups excluding tert-OH is 1. The van der Waals surface area contributed by atoms with Crippen LogP contribution in [0.2, 0.25) is 0 Å². The maximum Gasteiger partial charge on any atom is 0.290 e. The third-order valence-corrected chi connectivity index (χ3v) is 0. The summed E-state index contributed by atoms with van der Waals surface area (Å²) in [6.07, 6.45) is -0.167. The zero-order valence-electron chi connectivity index (χ0n) is 5.92. The average Bonchev–Trinajstić information content (AvgIpc) is 1.65. The minimum absolute atomic E-state index is 0.167. The molecule has 0 aliphatic heterocycles. The van der Waals surface area contributed by atoms with E-state index in [9.17, 15) is 0 Å². The van der Waals surface area contributed by atoms with E-state index in [0.717, 1.165) is 0 Å². The second kappa shape index (κ2) is 23.0.